The molecule has 3 N–H and O–H groups in total. The summed E-state index contributed by atoms with van der Waals surface area (Å²) in [5, 5.41) is 9.83. The van der Waals surface area contributed by atoms with E-state index in [0.29, 0.717) is 13.2 Å². The number of rotatable bonds is 7. The first-order valence-electron chi connectivity index (χ1n) is 6.34. The van der Waals surface area contributed by atoms with Crippen LogP contribution in [0.1, 0.15) is 18.5 Å². The van der Waals surface area contributed by atoms with Gasteiger partial charge in [0.2, 0.25) is 0 Å². The summed E-state index contributed by atoms with van der Waals surface area (Å²) in [5.41, 5.74) is 7.23. The van der Waals surface area contributed by atoms with Crippen molar-refractivity contribution < 1.29 is 9.84 Å². The summed E-state index contributed by atoms with van der Waals surface area (Å²) in [5.74, 6) is 0. The number of nitrogens with zero attached hydrogens (tertiary/aromatic N) is 1. The van der Waals surface area contributed by atoms with Crippen molar-refractivity contribution in [2.24, 2.45) is 5.73 Å². The van der Waals surface area contributed by atoms with E-state index >= 15 is 0 Å². The molecule has 0 saturated carbocycles. The number of hydrogen-bond donors (Lipinski definition) is 2. The van der Waals surface area contributed by atoms with Gasteiger partial charge in [-0.1, -0.05) is 28.1 Å². The minimum absolute atomic E-state index is 0.0269. The minimum Gasteiger partial charge on any atom is -0.389 e. The van der Waals surface area contributed by atoms with Crippen LogP contribution in [0.4, 0.5) is 0 Å². The monoisotopic (exact) mass is 330 g/mol. The first-order chi connectivity index (χ1) is 8.95. The topological polar surface area (TPSA) is 58.7 Å². The third-order valence-corrected chi connectivity index (χ3v) is 3.57. The SMILES string of the molecule is COCC(O)CN(C)C(c1ccc(Br)cc1)C(C)N. The average Bonchev–Trinajstić information content (AvgIpc) is 2.31. The van der Waals surface area contributed by atoms with Crippen molar-refractivity contribution in [3.8, 4) is 0 Å². The first-order valence-corrected chi connectivity index (χ1v) is 7.13. The molecule has 3 atom stereocenters. The van der Waals surface area contributed by atoms with Gasteiger partial charge in [0.25, 0.3) is 0 Å². The average molecular weight is 331 g/mol. The minimum atomic E-state index is -0.508. The van der Waals surface area contributed by atoms with E-state index in [1.54, 1.807) is 7.11 Å². The van der Waals surface area contributed by atoms with Crippen LogP contribution in [-0.2, 0) is 4.74 Å². The molecule has 0 aliphatic carbocycles. The van der Waals surface area contributed by atoms with Gasteiger partial charge in [-0.15, -0.1) is 0 Å². The van der Waals surface area contributed by atoms with Crippen LogP contribution in [0.15, 0.2) is 28.7 Å². The lowest BCUT2D eigenvalue weighted by Crippen LogP contribution is -2.41. The summed E-state index contributed by atoms with van der Waals surface area (Å²) in [6.07, 6.45) is -0.508. The molecule has 0 fully saturated rings. The summed E-state index contributed by atoms with van der Waals surface area (Å²) in [7, 11) is 3.55. The zero-order chi connectivity index (χ0) is 14.4. The lowest BCUT2D eigenvalue weighted by atomic mass is 9.99. The lowest BCUT2D eigenvalue weighted by molar-refractivity contribution is 0.0317. The van der Waals surface area contributed by atoms with Crippen molar-refractivity contribution in [1.29, 1.82) is 0 Å². The number of nitrogens with two attached hydrogens (primary N) is 1. The highest BCUT2D eigenvalue weighted by Gasteiger charge is 2.22. The van der Waals surface area contributed by atoms with Crippen LogP contribution < -0.4 is 5.73 Å². The predicted octanol–water partition coefficient (Wildman–Crippen LogP) is 1.78. The number of methoxy groups -OCH3 is 1. The van der Waals surface area contributed by atoms with Gasteiger partial charge in [0, 0.05) is 30.2 Å². The summed E-state index contributed by atoms with van der Waals surface area (Å²) < 4.78 is 6.00. The maximum absolute atomic E-state index is 9.83. The molecule has 0 aliphatic rings. The van der Waals surface area contributed by atoms with Crippen molar-refractivity contribution in [3.63, 3.8) is 0 Å². The maximum atomic E-state index is 9.83. The molecule has 0 aliphatic heterocycles. The molecule has 1 aromatic carbocycles. The Balaban J connectivity index is 2.79. The fourth-order valence-corrected chi connectivity index (χ4v) is 2.57. The van der Waals surface area contributed by atoms with Crippen molar-refractivity contribution in [2.45, 2.75) is 25.1 Å². The number of ether oxygens (including phenoxy) is 1. The molecule has 0 saturated heterocycles. The molecule has 5 heteroatoms. The first kappa shape index (κ1) is 16.6. The summed E-state index contributed by atoms with van der Waals surface area (Å²) in [6, 6.07) is 8.16. The Kier molecular flexibility index (Phi) is 6.96. The second-order valence-electron chi connectivity index (χ2n) is 4.90. The van der Waals surface area contributed by atoms with Gasteiger partial charge in [-0.05, 0) is 31.7 Å². The lowest BCUT2D eigenvalue weighted by Gasteiger charge is -2.32. The smallest absolute Gasteiger partial charge is 0.0900 e. The van der Waals surface area contributed by atoms with E-state index in [9.17, 15) is 5.11 Å². The number of halogens is 1. The highest BCUT2D eigenvalue weighted by atomic mass is 79.9. The third-order valence-electron chi connectivity index (χ3n) is 3.04. The van der Waals surface area contributed by atoms with Gasteiger partial charge in [-0.3, -0.25) is 4.90 Å². The van der Waals surface area contributed by atoms with E-state index in [2.05, 4.69) is 33.0 Å². The number of hydrogen-bond acceptors (Lipinski definition) is 4. The number of benzene rings is 1. The van der Waals surface area contributed by atoms with Gasteiger partial charge in [0.05, 0.1) is 12.7 Å². The number of likely N-dealkylation sites (N-methyl/N-ethyl adjacent to an activating group) is 1. The van der Waals surface area contributed by atoms with Gasteiger partial charge in [-0.25, -0.2) is 0 Å². The Morgan fingerprint density at radius 1 is 1.37 bits per heavy atom. The molecular weight excluding hydrogens is 308 g/mol. The van der Waals surface area contributed by atoms with Gasteiger partial charge >= 0.3 is 0 Å². The van der Waals surface area contributed by atoms with E-state index in [1.807, 2.05) is 26.1 Å². The third kappa shape index (κ3) is 5.20. The fourth-order valence-electron chi connectivity index (χ4n) is 2.31. The fraction of sp³-hybridized carbons (Fsp3) is 0.571. The van der Waals surface area contributed by atoms with Crippen LogP contribution in [0.3, 0.4) is 0 Å². The van der Waals surface area contributed by atoms with E-state index < -0.39 is 6.10 Å². The molecule has 0 heterocycles. The quantitative estimate of drug-likeness (QED) is 0.800. The summed E-state index contributed by atoms with van der Waals surface area (Å²) in [6.45, 7) is 2.83. The zero-order valence-electron chi connectivity index (χ0n) is 11.7. The molecule has 0 amide bonds. The molecule has 0 aromatic heterocycles. The Bertz CT molecular complexity index is 370. The van der Waals surface area contributed by atoms with E-state index in [0.717, 1.165) is 10.0 Å². The molecule has 1 rings (SSSR count). The van der Waals surface area contributed by atoms with Crippen molar-refractivity contribution in [3.05, 3.63) is 34.3 Å². The van der Waals surface area contributed by atoms with Crippen LogP contribution >= 0.6 is 15.9 Å². The molecule has 4 nitrogen and oxygen atoms in total. The Hall–Kier alpha value is -0.460. The van der Waals surface area contributed by atoms with E-state index in [1.165, 1.54) is 0 Å². The van der Waals surface area contributed by atoms with Gasteiger partial charge < -0.3 is 15.6 Å². The normalized spacial score (nSPS) is 16.4. The van der Waals surface area contributed by atoms with Crippen LogP contribution in [0, 0.1) is 0 Å². The van der Waals surface area contributed by atoms with E-state index in [4.69, 9.17) is 10.5 Å². The zero-order valence-corrected chi connectivity index (χ0v) is 13.3. The molecular formula is C14H23BrN2O2. The number of aliphatic hydroxyl groups is 1. The van der Waals surface area contributed by atoms with Gasteiger partial charge in [0.1, 0.15) is 0 Å². The van der Waals surface area contributed by atoms with Crippen LogP contribution in [0.5, 0.6) is 0 Å². The van der Waals surface area contributed by atoms with Crippen LogP contribution in [-0.4, -0.2) is 49.5 Å². The largest absolute Gasteiger partial charge is 0.389 e. The Morgan fingerprint density at radius 2 is 1.95 bits per heavy atom. The molecule has 0 spiro atoms. The van der Waals surface area contributed by atoms with Crippen molar-refractivity contribution in [1.82, 2.24) is 4.90 Å². The Labute approximate surface area is 123 Å². The maximum Gasteiger partial charge on any atom is 0.0900 e. The number of aliphatic hydroxyl groups excluding tert-OH is 1. The van der Waals surface area contributed by atoms with E-state index in [-0.39, 0.29) is 12.1 Å². The second kappa shape index (κ2) is 7.97. The summed E-state index contributed by atoms with van der Waals surface area (Å²) in [4.78, 5) is 2.07. The van der Waals surface area contributed by atoms with Gasteiger partial charge in [-0.2, -0.15) is 0 Å². The van der Waals surface area contributed by atoms with Crippen LogP contribution in [0.25, 0.3) is 0 Å². The van der Waals surface area contributed by atoms with Crippen molar-refractivity contribution in [2.75, 3.05) is 27.3 Å². The highest BCUT2D eigenvalue weighted by molar-refractivity contribution is 9.10. The highest BCUT2D eigenvalue weighted by Crippen LogP contribution is 2.24. The summed E-state index contributed by atoms with van der Waals surface area (Å²) >= 11 is 3.43. The Morgan fingerprint density at radius 3 is 2.42 bits per heavy atom. The predicted molar refractivity (Wildman–Crippen MR) is 81.0 cm³/mol. The molecule has 19 heavy (non-hydrogen) atoms. The van der Waals surface area contributed by atoms with Gasteiger partial charge in [0.15, 0.2) is 0 Å². The van der Waals surface area contributed by atoms with Crippen LogP contribution in [0.2, 0.25) is 0 Å². The standard InChI is InChI=1S/C14H23BrN2O2/c1-10(16)14(11-4-6-12(15)7-5-11)17(2)8-13(18)9-19-3/h4-7,10,13-14,18H,8-9,16H2,1-3H3. The molecule has 3 unspecified atom stereocenters. The molecule has 108 valence electrons. The van der Waals surface area contributed by atoms with Crippen molar-refractivity contribution >= 4 is 15.9 Å². The molecule has 0 bridgehead atoms. The molecule has 0 radical (unpaired) electrons. The molecule has 1 aromatic rings. The second-order valence-corrected chi connectivity index (χ2v) is 5.82.